The summed E-state index contributed by atoms with van der Waals surface area (Å²) in [7, 11) is 1.52. The Kier molecular flexibility index (Phi) is 1.85. The molecule has 0 saturated carbocycles. The maximum absolute atomic E-state index is 9.53. The topological polar surface area (TPSA) is 47.9 Å². The van der Waals surface area contributed by atoms with Gasteiger partial charge in [0.25, 0.3) is 0 Å². The molecule has 2 aliphatic rings. The van der Waals surface area contributed by atoms with E-state index < -0.39 is 12.4 Å². The van der Waals surface area contributed by atoms with Gasteiger partial charge in [0, 0.05) is 13.0 Å². The van der Waals surface area contributed by atoms with E-state index >= 15 is 0 Å². The highest BCUT2D eigenvalue weighted by atomic mass is 16.8. The minimum absolute atomic E-state index is 0.111. The Balaban J connectivity index is 2.04. The van der Waals surface area contributed by atoms with Crippen molar-refractivity contribution < 1.29 is 19.3 Å². The largest absolute Gasteiger partial charge is 0.387 e. The van der Waals surface area contributed by atoms with Gasteiger partial charge in [-0.2, -0.15) is 0 Å². The van der Waals surface area contributed by atoms with Gasteiger partial charge in [-0.3, -0.25) is 0 Å². The van der Waals surface area contributed by atoms with Crippen molar-refractivity contribution in [1.82, 2.24) is 0 Å². The molecule has 11 heavy (non-hydrogen) atoms. The van der Waals surface area contributed by atoms with E-state index in [-0.39, 0.29) is 12.2 Å². The number of aliphatic hydroxyl groups is 1. The van der Waals surface area contributed by atoms with Gasteiger partial charge in [0.1, 0.15) is 6.10 Å². The summed E-state index contributed by atoms with van der Waals surface area (Å²) in [4.78, 5) is 0. The average Bonchev–Trinajstić information content (AvgIpc) is 2.53. The molecule has 4 atom stereocenters. The van der Waals surface area contributed by atoms with Crippen molar-refractivity contribution in [3.05, 3.63) is 0 Å². The van der Waals surface area contributed by atoms with Crippen LogP contribution < -0.4 is 0 Å². The summed E-state index contributed by atoms with van der Waals surface area (Å²) in [6.45, 7) is 0.683. The highest BCUT2D eigenvalue weighted by Crippen LogP contribution is 2.35. The first-order valence-corrected chi connectivity index (χ1v) is 3.81. The normalized spacial score (nSPS) is 49.6. The third kappa shape index (κ3) is 1.06. The quantitative estimate of drug-likeness (QED) is 0.572. The Morgan fingerprint density at radius 2 is 2.36 bits per heavy atom. The summed E-state index contributed by atoms with van der Waals surface area (Å²) in [6.07, 6.45) is -0.390. The van der Waals surface area contributed by atoms with E-state index in [2.05, 4.69) is 0 Å². The molecule has 2 saturated heterocycles. The lowest BCUT2D eigenvalue weighted by atomic mass is 10.0. The third-order valence-corrected chi connectivity index (χ3v) is 2.30. The van der Waals surface area contributed by atoms with Crippen molar-refractivity contribution in [3.8, 4) is 0 Å². The molecule has 0 bridgehead atoms. The highest BCUT2D eigenvalue weighted by Gasteiger charge is 2.47. The molecule has 0 aromatic heterocycles. The average molecular weight is 160 g/mol. The molecule has 4 nitrogen and oxygen atoms in total. The van der Waals surface area contributed by atoms with E-state index in [0.29, 0.717) is 6.61 Å². The molecule has 0 aliphatic carbocycles. The maximum Gasteiger partial charge on any atom is 0.186 e. The van der Waals surface area contributed by atoms with Crippen LogP contribution >= 0.6 is 0 Å². The summed E-state index contributed by atoms with van der Waals surface area (Å²) in [5.41, 5.74) is 0. The third-order valence-electron chi connectivity index (χ3n) is 2.30. The van der Waals surface area contributed by atoms with Crippen molar-refractivity contribution >= 4 is 0 Å². The first-order valence-electron chi connectivity index (χ1n) is 3.81. The lowest BCUT2D eigenvalue weighted by molar-refractivity contribution is -0.201. The van der Waals surface area contributed by atoms with Gasteiger partial charge in [-0.05, 0) is 6.42 Å². The second-order valence-electron chi connectivity index (χ2n) is 2.92. The zero-order valence-electron chi connectivity index (χ0n) is 6.40. The van der Waals surface area contributed by atoms with Gasteiger partial charge in [-0.15, -0.1) is 0 Å². The van der Waals surface area contributed by atoms with Crippen molar-refractivity contribution in [1.29, 1.82) is 0 Å². The predicted molar refractivity (Wildman–Crippen MR) is 35.7 cm³/mol. The fourth-order valence-corrected chi connectivity index (χ4v) is 1.66. The van der Waals surface area contributed by atoms with Crippen LogP contribution in [-0.4, -0.2) is 37.5 Å². The maximum atomic E-state index is 9.53. The molecule has 2 rings (SSSR count). The number of aliphatic hydroxyl groups excluding tert-OH is 1. The lowest BCUT2D eigenvalue weighted by Crippen LogP contribution is -2.27. The Morgan fingerprint density at radius 3 is 3.00 bits per heavy atom. The summed E-state index contributed by atoms with van der Waals surface area (Å²) in [5, 5.41) is 9.53. The van der Waals surface area contributed by atoms with Crippen LogP contribution in [0.4, 0.5) is 0 Å². The van der Waals surface area contributed by atoms with Crippen LogP contribution in [0.2, 0.25) is 0 Å². The highest BCUT2D eigenvalue weighted by molar-refractivity contribution is 4.85. The Hall–Kier alpha value is -0.160. The van der Waals surface area contributed by atoms with E-state index in [1.54, 1.807) is 0 Å². The van der Waals surface area contributed by atoms with Crippen molar-refractivity contribution in [2.45, 2.75) is 25.1 Å². The Bertz CT molecular complexity index is 149. The number of fused-ring (bicyclic) bond motifs is 1. The van der Waals surface area contributed by atoms with Gasteiger partial charge in [0.2, 0.25) is 0 Å². The fraction of sp³-hybridized carbons (Fsp3) is 1.00. The lowest BCUT2D eigenvalue weighted by Gasteiger charge is -2.13. The molecular weight excluding hydrogens is 148 g/mol. The zero-order valence-corrected chi connectivity index (χ0v) is 6.40. The molecule has 0 aromatic rings. The number of hydrogen-bond donors (Lipinski definition) is 1. The summed E-state index contributed by atoms with van der Waals surface area (Å²) in [5.74, 6) is 0.111. The molecular formula is C7H12O4. The van der Waals surface area contributed by atoms with Crippen LogP contribution in [0.5, 0.6) is 0 Å². The van der Waals surface area contributed by atoms with E-state index in [0.717, 1.165) is 6.42 Å². The van der Waals surface area contributed by atoms with Gasteiger partial charge in [-0.1, -0.05) is 0 Å². The molecule has 64 valence electrons. The van der Waals surface area contributed by atoms with E-state index in [9.17, 15) is 5.11 Å². The van der Waals surface area contributed by atoms with Crippen LogP contribution in [0.1, 0.15) is 6.42 Å². The molecule has 4 heteroatoms. The first kappa shape index (κ1) is 7.49. The number of methoxy groups -OCH3 is 1. The Morgan fingerprint density at radius 1 is 1.55 bits per heavy atom. The monoisotopic (exact) mass is 160 g/mol. The van der Waals surface area contributed by atoms with Crippen molar-refractivity contribution in [2.24, 2.45) is 5.92 Å². The molecule has 2 fully saturated rings. The van der Waals surface area contributed by atoms with Crippen LogP contribution in [0, 0.1) is 5.92 Å². The van der Waals surface area contributed by atoms with Gasteiger partial charge in [-0.25, -0.2) is 0 Å². The summed E-state index contributed by atoms with van der Waals surface area (Å²) < 4.78 is 15.4. The van der Waals surface area contributed by atoms with Gasteiger partial charge >= 0.3 is 0 Å². The number of ether oxygens (including phenoxy) is 3. The van der Waals surface area contributed by atoms with Crippen LogP contribution in [-0.2, 0) is 14.2 Å². The predicted octanol–water partition coefficient (Wildman–Crippen LogP) is -0.287. The summed E-state index contributed by atoms with van der Waals surface area (Å²) in [6, 6.07) is 0. The molecule has 2 aliphatic heterocycles. The van der Waals surface area contributed by atoms with Gasteiger partial charge < -0.3 is 19.3 Å². The molecule has 2 heterocycles. The zero-order chi connectivity index (χ0) is 7.84. The summed E-state index contributed by atoms with van der Waals surface area (Å²) >= 11 is 0. The SMILES string of the molecule is CO[C@@H]1OC2OCCC2[C@H]1O. The first-order chi connectivity index (χ1) is 5.33. The number of hydrogen-bond acceptors (Lipinski definition) is 4. The second-order valence-corrected chi connectivity index (χ2v) is 2.92. The fourth-order valence-electron chi connectivity index (χ4n) is 1.66. The molecule has 0 radical (unpaired) electrons. The van der Waals surface area contributed by atoms with E-state index in [4.69, 9.17) is 14.2 Å². The van der Waals surface area contributed by atoms with E-state index in [1.807, 2.05) is 0 Å². The molecule has 2 unspecified atom stereocenters. The molecule has 0 amide bonds. The van der Waals surface area contributed by atoms with Crippen molar-refractivity contribution in [3.63, 3.8) is 0 Å². The minimum atomic E-state index is -0.521. The Labute approximate surface area is 65.1 Å². The minimum Gasteiger partial charge on any atom is -0.387 e. The van der Waals surface area contributed by atoms with Crippen LogP contribution in [0.15, 0.2) is 0 Å². The van der Waals surface area contributed by atoms with Crippen LogP contribution in [0.3, 0.4) is 0 Å². The molecule has 0 spiro atoms. The number of rotatable bonds is 1. The van der Waals surface area contributed by atoms with E-state index in [1.165, 1.54) is 7.11 Å². The smallest absolute Gasteiger partial charge is 0.186 e. The van der Waals surface area contributed by atoms with Gasteiger partial charge in [0.05, 0.1) is 6.61 Å². The molecule has 0 aromatic carbocycles. The van der Waals surface area contributed by atoms with Gasteiger partial charge in [0.15, 0.2) is 12.6 Å². The standard InChI is InChI=1S/C7H12O4/c1-9-7-5(8)4-2-3-10-6(4)11-7/h4-8H,2-3H2,1H3/t4?,5-,6?,7-/m1/s1. The van der Waals surface area contributed by atoms with Crippen LogP contribution in [0.25, 0.3) is 0 Å². The van der Waals surface area contributed by atoms with Crippen molar-refractivity contribution in [2.75, 3.05) is 13.7 Å². The molecule has 1 N–H and O–H groups in total. The second kappa shape index (κ2) is 2.71.